The molecule has 0 aliphatic rings. The van der Waals surface area contributed by atoms with Gasteiger partial charge < -0.3 is 14.2 Å². The molecule has 6 heteroatoms. The summed E-state index contributed by atoms with van der Waals surface area (Å²) in [7, 11) is 0. The van der Waals surface area contributed by atoms with Crippen molar-refractivity contribution in [2.45, 2.75) is 329 Å². The van der Waals surface area contributed by atoms with Gasteiger partial charge in [-0.25, -0.2) is 0 Å². The molecule has 0 aliphatic heterocycles. The fourth-order valence-electron chi connectivity index (χ4n) is 8.97. The molecule has 72 heavy (non-hydrogen) atoms. The van der Waals surface area contributed by atoms with Crippen LogP contribution in [0.15, 0.2) is 60.8 Å². The van der Waals surface area contributed by atoms with Gasteiger partial charge >= 0.3 is 17.9 Å². The fourth-order valence-corrected chi connectivity index (χ4v) is 8.97. The fraction of sp³-hybridized carbons (Fsp3) is 0.803. The highest BCUT2D eigenvalue weighted by atomic mass is 16.6. The molecule has 1 unspecified atom stereocenters. The van der Waals surface area contributed by atoms with Crippen LogP contribution in [0.3, 0.4) is 0 Å². The smallest absolute Gasteiger partial charge is 0.306 e. The maximum Gasteiger partial charge on any atom is 0.306 e. The van der Waals surface area contributed by atoms with Crippen molar-refractivity contribution < 1.29 is 28.6 Å². The number of hydrogen-bond acceptors (Lipinski definition) is 6. The molecule has 0 aromatic heterocycles. The molecule has 0 saturated heterocycles. The highest BCUT2D eigenvalue weighted by Crippen LogP contribution is 2.16. The topological polar surface area (TPSA) is 78.9 Å². The van der Waals surface area contributed by atoms with E-state index in [-0.39, 0.29) is 31.1 Å². The van der Waals surface area contributed by atoms with Gasteiger partial charge in [-0.1, -0.05) is 255 Å². The summed E-state index contributed by atoms with van der Waals surface area (Å²) in [6.07, 6.45) is 76.5. The quantitative estimate of drug-likeness (QED) is 0.0261. The van der Waals surface area contributed by atoms with Crippen LogP contribution in [-0.4, -0.2) is 37.2 Å². The molecule has 0 aliphatic carbocycles. The Morgan fingerprint density at radius 1 is 0.278 bits per heavy atom. The average Bonchev–Trinajstić information content (AvgIpc) is 3.38. The van der Waals surface area contributed by atoms with E-state index in [9.17, 15) is 14.4 Å². The van der Waals surface area contributed by atoms with Crippen LogP contribution in [0.5, 0.6) is 0 Å². The van der Waals surface area contributed by atoms with Gasteiger partial charge in [0.2, 0.25) is 0 Å². The van der Waals surface area contributed by atoms with E-state index in [0.29, 0.717) is 19.3 Å². The maximum atomic E-state index is 12.9. The number of esters is 3. The van der Waals surface area contributed by atoms with Crippen molar-refractivity contribution in [3.63, 3.8) is 0 Å². The van der Waals surface area contributed by atoms with E-state index in [0.717, 1.165) is 89.9 Å². The summed E-state index contributed by atoms with van der Waals surface area (Å²) in [5.74, 6) is -0.890. The highest BCUT2D eigenvalue weighted by Gasteiger charge is 2.19. The molecule has 0 N–H and O–H groups in total. The van der Waals surface area contributed by atoms with Crippen molar-refractivity contribution in [3.8, 4) is 0 Å². The molecule has 0 rings (SSSR count). The molecule has 0 aromatic rings. The lowest BCUT2D eigenvalue weighted by Crippen LogP contribution is -2.30. The molecule has 0 fully saturated rings. The summed E-state index contributed by atoms with van der Waals surface area (Å²) in [6.45, 7) is 6.60. The maximum absolute atomic E-state index is 12.9. The zero-order valence-electron chi connectivity index (χ0n) is 47.9. The summed E-state index contributed by atoms with van der Waals surface area (Å²) in [6, 6.07) is 0. The third kappa shape index (κ3) is 58.0. The van der Waals surface area contributed by atoms with Gasteiger partial charge in [0.25, 0.3) is 0 Å². The monoisotopic (exact) mass is 1010 g/mol. The van der Waals surface area contributed by atoms with E-state index in [4.69, 9.17) is 14.2 Å². The normalized spacial score (nSPS) is 12.4. The van der Waals surface area contributed by atoms with Crippen molar-refractivity contribution in [1.82, 2.24) is 0 Å². The van der Waals surface area contributed by atoms with E-state index in [2.05, 4.69) is 81.5 Å². The van der Waals surface area contributed by atoms with Crippen LogP contribution in [0.1, 0.15) is 323 Å². The number of allylic oxidation sites excluding steroid dienone is 10. The minimum absolute atomic E-state index is 0.0811. The number of rotatable bonds is 57. The summed E-state index contributed by atoms with van der Waals surface area (Å²) in [5, 5.41) is 0. The lowest BCUT2D eigenvalue weighted by molar-refractivity contribution is -0.167. The first kappa shape index (κ1) is 69.1. The van der Waals surface area contributed by atoms with E-state index >= 15 is 0 Å². The molecule has 0 heterocycles. The largest absolute Gasteiger partial charge is 0.462 e. The second kappa shape index (κ2) is 60.7. The first-order chi connectivity index (χ1) is 35.5. The molecule has 418 valence electrons. The summed E-state index contributed by atoms with van der Waals surface area (Å²) < 4.78 is 16.9. The number of unbranched alkanes of at least 4 members (excludes halogenated alkanes) is 36. The molecular formula is C66H118O6. The number of carbonyl (C=O) groups is 3. The minimum Gasteiger partial charge on any atom is -0.462 e. The standard InChI is InChI=1S/C66H118O6/c1-4-7-10-13-16-19-22-25-27-29-31-32-33-34-36-37-39-41-44-47-50-53-56-59-65(68)71-62-63(61-70-64(67)58-55-52-49-46-43-24-21-18-15-12-9-6-3)72-66(69)60-57-54-51-48-45-42-40-38-35-30-28-26-23-20-17-14-11-8-5-2/h17-18,20-21,26,28-29,31,35,38,63H,4-16,19,22-25,27,30,32-34,36-37,39-62H2,1-3H3/b20-17-,21-18-,28-26-,31-29-,38-35-. The number of carbonyl (C=O) groups excluding carboxylic acids is 3. The molecule has 0 spiro atoms. The lowest BCUT2D eigenvalue weighted by Gasteiger charge is -2.18. The Kier molecular flexibility index (Phi) is 58.2. The summed E-state index contributed by atoms with van der Waals surface area (Å²) in [5.41, 5.74) is 0. The molecule has 1 atom stereocenters. The lowest BCUT2D eigenvalue weighted by atomic mass is 10.0. The molecule has 0 saturated carbocycles. The van der Waals surface area contributed by atoms with Crippen LogP contribution in [0.4, 0.5) is 0 Å². The van der Waals surface area contributed by atoms with Gasteiger partial charge in [0.15, 0.2) is 6.10 Å². The Balaban J connectivity index is 4.31. The molecule has 0 bridgehead atoms. The van der Waals surface area contributed by atoms with Crippen molar-refractivity contribution in [2.75, 3.05) is 13.2 Å². The Hall–Kier alpha value is -2.89. The Morgan fingerprint density at radius 2 is 0.500 bits per heavy atom. The van der Waals surface area contributed by atoms with Crippen LogP contribution in [0, 0.1) is 0 Å². The van der Waals surface area contributed by atoms with E-state index in [1.54, 1.807) is 0 Å². The molecular weight excluding hydrogens is 889 g/mol. The molecule has 0 amide bonds. The predicted octanol–water partition coefficient (Wildman–Crippen LogP) is 21.2. The molecule has 0 aromatic carbocycles. The van der Waals surface area contributed by atoms with Crippen LogP contribution < -0.4 is 0 Å². The zero-order valence-corrected chi connectivity index (χ0v) is 47.9. The van der Waals surface area contributed by atoms with Gasteiger partial charge in [-0.15, -0.1) is 0 Å². The second-order valence-electron chi connectivity index (χ2n) is 21.0. The average molecular weight is 1010 g/mol. The van der Waals surface area contributed by atoms with Gasteiger partial charge in [0.1, 0.15) is 13.2 Å². The van der Waals surface area contributed by atoms with Gasteiger partial charge in [0.05, 0.1) is 0 Å². The number of hydrogen-bond donors (Lipinski definition) is 0. The van der Waals surface area contributed by atoms with Gasteiger partial charge in [-0.2, -0.15) is 0 Å². The van der Waals surface area contributed by atoms with Gasteiger partial charge in [0, 0.05) is 19.3 Å². The van der Waals surface area contributed by atoms with Gasteiger partial charge in [-0.05, 0) is 109 Å². The van der Waals surface area contributed by atoms with E-state index in [1.807, 2.05) is 0 Å². The van der Waals surface area contributed by atoms with Crippen LogP contribution in [-0.2, 0) is 28.6 Å². The third-order valence-electron chi connectivity index (χ3n) is 13.7. The van der Waals surface area contributed by atoms with Crippen molar-refractivity contribution in [3.05, 3.63) is 60.8 Å². The molecule has 0 radical (unpaired) electrons. The van der Waals surface area contributed by atoms with Crippen molar-refractivity contribution in [2.24, 2.45) is 0 Å². The first-order valence-electron chi connectivity index (χ1n) is 31.3. The summed E-state index contributed by atoms with van der Waals surface area (Å²) in [4.78, 5) is 38.2. The summed E-state index contributed by atoms with van der Waals surface area (Å²) >= 11 is 0. The van der Waals surface area contributed by atoms with Crippen molar-refractivity contribution >= 4 is 17.9 Å². The Bertz CT molecular complexity index is 1290. The first-order valence-corrected chi connectivity index (χ1v) is 31.3. The van der Waals surface area contributed by atoms with Crippen LogP contribution >= 0.6 is 0 Å². The second-order valence-corrected chi connectivity index (χ2v) is 21.0. The van der Waals surface area contributed by atoms with Crippen LogP contribution in [0.25, 0.3) is 0 Å². The number of ether oxygens (including phenoxy) is 3. The minimum atomic E-state index is -0.785. The van der Waals surface area contributed by atoms with E-state index in [1.165, 1.54) is 193 Å². The van der Waals surface area contributed by atoms with Gasteiger partial charge in [-0.3, -0.25) is 14.4 Å². The molecule has 6 nitrogen and oxygen atoms in total. The predicted molar refractivity (Wildman–Crippen MR) is 312 cm³/mol. The van der Waals surface area contributed by atoms with E-state index < -0.39 is 6.10 Å². The zero-order chi connectivity index (χ0) is 52.2. The van der Waals surface area contributed by atoms with Crippen LogP contribution in [0.2, 0.25) is 0 Å². The highest BCUT2D eigenvalue weighted by molar-refractivity contribution is 5.71. The third-order valence-corrected chi connectivity index (χ3v) is 13.7. The Morgan fingerprint density at radius 3 is 0.819 bits per heavy atom. The van der Waals surface area contributed by atoms with Crippen molar-refractivity contribution in [1.29, 1.82) is 0 Å². The SMILES string of the molecule is CCCCC/C=C\C/C=C\C/C=C\CCCCCCCCC(=O)OC(COC(=O)CCCCCCC/C=C\CCCCC)COC(=O)CCCCCCCCCCCCC/C=C\CCCCCCCCCC. The Labute approximate surface area is 447 Å².